The molecule has 1 aliphatic rings. The monoisotopic (exact) mass is 726 g/mol. The Labute approximate surface area is 332 Å². The first-order valence-electron chi connectivity index (χ1n) is 19.7. The fourth-order valence-electron chi connectivity index (χ4n) is 9.21. The summed E-state index contributed by atoms with van der Waals surface area (Å²) < 4.78 is 0. The molecule has 0 N–H and O–H groups in total. The lowest BCUT2D eigenvalue weighted by Crippen LogP contribution is -2.14. The van der Waals surface area contributed by atoms with Crippen molar-refractivity contribution in [3.63, 3.8) is 0 Å². The van der Waals surface area contributed by atoms with Crippen LogP contribution in [0.3, 0.4) is 0 Å². The van der Waals surface area contributed by atoms with Crippen molar-refractivity contribution in [1.29, 1.82) is 0 Å². The molecule has 268 valence electrons. The maximum atomic E-state index is 5.41. The first-order chi connectivity index (χ1) is 28.0. The number of hydrogen-bond donors (Lipinski definition) is 0. The molecule has 10 aromatic rings. The first kappa shape index (κ1) is 33.2. The summed E-state index contributed by atoms with van der Waals surface area (Å²) in [5.74, 6) is 0.707. The zero-order valence-electron chi connectivity index (χ0n) is 31.9. The molecule has 1 aromatic heterocycles. The van der Waals surface area contributed by atoms with E-state index in [2.05, 4.69) is 208 Å². The van der Waals surface area contributed by atoms with E-state index in [0.717, 1.165) is 44.6 Å². The molecule has 0 spiro atoms. The van der Waals surface area contributed by atoms with E-state index in [1.165, 1.54) is 60.3 Å². The van der Waals surface area contributed by atoms with Crippen LogP contribution in [0.5, 0.6) is 0 Å². The normalized spacial score (nSPS) is 12.9. The van der Waals surface area contributed by atoms with Crippen LogP contribution in [0.1, 0.15) is 25.0 Å². The molecule has 0 atom stereocenters. The molecule has 57 heavy (non-hydrogen) atoms. The molecule has 0 aliphatic heterocycles. The Morgan fingerprint density at radius 3 is 1.74 bits per heavy atom. The molecule has 9 aromatic carbocycles. The second-order valence-electron chi connectivity index (χ2n) is 15.7. The van der Waals surface area contributed by atoms with Gasteiger partial charge in [0.25, 0.3) is 0 Å². The van der Waals surface area contributed by atoms with Gasteiger partial charge < -0.3 is 0 Å². The number of nitrogens with zero attached hydrogens (tertiary/aromatic N) is 2. The molecule has 0 unspecified atom stereocenters. The summed E-state index contributed by atoms with van der Waals surface area (Å²) in [7, 11) is 0. The standard InChI is InChI=1S/C55H38N2/c1-55(2)49-30-27-40(33-48(49)53-43-20-9-8-15-36(43)26-31-50(53)55)42-28-29-47(45-22-12-11-21-44(42)45)54-56-51(37-16-4-3-5-17-37)34-52(57-54)46-23-13-10-19-41(46)39-25-24-35-14-6-7-18-38(35)32-39/h3-34H,1-2H3. The highest BCUT2D eigenvalue weighted by molar-refractivity contribution is 6.07. The molecule has 1 aliphatic carbocycles. The van der Waals surface area contributed by atoms with Crippen LogP contribution in [0.15, 0.2) is 194 Å². The van der Waals surface area contributed by atoms with Crippen molar-refractivity contribution in [3.05, 3.63) is 205 Å². The quantitative estimate of drug-likeness (QED) is 0.176. The van der Waals surface area contributed by atoms with Crippen molar-refractivity contribution in [1.82, 2.24) is 9.97 Å². The average molecular weight is 727 g/mol. The molecular weight excluding hydrogens is 689 g/mol. The topological polar surface area (TPSA) is 25.8 Å². The maximum absolute atomic E-state index is 5.41. The van der Waals surface area contributed by atoms with Gasteiger partial charge in [-0.25, -0.2) is 9.97 Å². The average Bonchev–Trinajstić information content (AvgIpc) is 3.51. The van der Waals surface area contributed by atoms with Gasteiger partial charge in [0.1, 0.15) is 0 Å². The van der Waals surface area contributed by atoms with Crippen molar-refractivity contribution in [2.75, 3.05) is 0 Å². The lowest BCUT2D eigenvalue weighted by molar-refractivity contribution is 0.661. The third-order valence-electron chi connectivity index (χ3n) is 12.1. The highest BCUT2D eigenvalue weighted by Crippen LogP contribution is 2.52. The van der Waals surface area contributed by atoms with E-state index in [9.17, 15) is 0 Å². The highest BCUT2D eigenvalue weighted by atomic mass is 14.9. The van der Waals surface area contributed by atoms with Crippen molar-refractivity contribution in [3.8, 4) is 67.3 Å². The number of fused-ring (bicyclic) bond motifs is 7. The summed E-state index contributed by atoms with van der Waals surface area (Å²) in [6.45, 7) is 4.71. The van der Waals surface area contributed by atoms with Gasteiger partial charge in [0.15, 0.2) is 5.82 Å². The van der Waals surface area contributed by atoms with Crippen LogP contribution in [0, 0.1) is 0 Å². The minimum absolute atomic E-state index is 0.0785. The molecule has 0 amide bonds. The fourth-order valence-corrected chi connectivity index (χ4v) is 9.21. The van der Waals surface area contributed by atoms with Gasteiger partial charge in [0, 0.05) is 22.1 Å². The van der Waals surface area contributed by atoms with Crippen molar-refractivity contribution in [2.45, 2.75) is 19.3 Å². The van der Waals surface area contributed by atoms with Crippen molar-refractivity contribution >= 4 is 32.3 Å². The second kappa shape index (κ2) is 13.0. The minimum Gasteiger partial charge on any atom is -0.228 e. The Morgan fingerprint density at radius 1 is 0.333 bits per heavy atom. The van der Waals surface area contributed by atoms with E-state index >= 15 is 0 Å². The van der Waals surface area contributed by atoms with E-state index in [0.29, 0.717) is 5.82 Å². The molecule has 0 saturated carbocycles. The van der Waals surface area contributed by atoms with Crippen LogP contribution in [0.4, 0.5) is 0 Å². The number of benzene rings is 9. The number of hydrogen-bond acceptors (Lipinski definition) is 2. The van der Waals surface area contributed by atoms with Gasteiger partial charge in [-0.3, -0.25) is 0 Å². The van der Waals surface area contributed by atoms with Gasteiger partial charge in [-0.2, -0.15) is 0 Å². The summed E-state index contributed by atoms with van der Waals surface area (Å²) in [6.07, 6.45) is 0. The van der Waals surface area contributed by atoms with Gasteiger partial charge in [0.2, 0.25) is 0 Å². The molecule has 0 saturated heterocycles. The van der Waals surface area contributed by atoms with E-state index in [1.807, 2.05) is 0 Å². The first-order valence-corrected chi connectivity index (χ1v) is 19.7. The maximum Gasteiger partial charge on any atom is 0.161 e. The Bertz CT molecular complexity index is 3210. The third kappa shape index (κ3) is 5.40. The molecule has 0 fully saturated rings. The molecule has 0 radical (unpaired) electrons. The van der Waals surface area contributed by atoms with E-state index in [1.54, 1.807) is 0 Å². The Morgan fingerprint density at radius 2 is 0.912 bits per heavy atom. The molecule has 1 heterocycles. The molecule has 2 nitrogen and oxygen atoms in total. The van der Waals surface area contributed by atoms with Crippen LogP contribution in [0.2, 0.25) is 0 Å². The summed E-state index contributed by atoms with van der Waals surface area (Å²) in [4.78, 5) is 10.7. The van der Waals surface area contributed by atoms with Crippen molar-refractivity contribution in [2.24, 2.45) is 0 Å². The molecule has 2 heteroatoms. The summed E-state index contributed by atoms with van der Waals surface area (Å²) in [6, 6.07) is 70.1. The van der Waals surface area contributed by atoms with E-state index in [-0.39, 0.29) is 5.41 Å². The largest absolute Gasteiger partial charge is 0.228 e. The smallest absolute Gasteiger partial charge is 0.161 e. The molecule has 0 bridgehead atoms. The van der Waals surface area contributed by atoms with Crippen LogP contribution in [-0.4, -0.2) is 9.97 Å². The second-order valence-corrected chi connectivity index (χ2v) is 15.7. The Balaban J connectivity index is 1.09. The predicted molar refractivity (Wildman–Crippen MR) is 239 cm³/mol. The van der Waals surface area contributed by atoms with Crippen LogP contribution in [0.25, 0.3) is 99.6 Å². The lowest BCUT2D eigenvalue weighted by atomic mass is 9.81. The lowest BCUT2D eigenvalue weighted by Gasteiger charge is -2.21. The van der Waals surface area contributed by atoms with Gasteiger partial charge in [-0.05, 0) is 101 Å². The zero-order valence-corrected chi connectivity index (χ0v) is 31.9. The Kier molecular flexibility index (Phi) is 7.55. The minimum atomic E-state index is -0.0785. The fraction of sp³-hybridized carbons (Fsp3) is 0.0545. The van der Waals surface area contributed by atoms with E-state index in [4.69, 9.17) is 9.97 Å². The molecular formula is C55H38N2. The van der Waals surface area contributed by atoms with Crippen LogP contribution < -0.4 is 0 Å². The summed E-state index contributed by atoms with van der Waals surface area (Å²) in [5, 5.41) is 7.34. The van der Waals surface area contributed by atoms with Crippen LogP contribution >= 0.6 is 0 Å². The van der Waals surface area contributed by atoms with E-state index < -0.39 is 0 Å². The third-order valence-corrected chi connectivity index (χ3v) is 12.1. The van der Waals surface area contributed by atoms with Crippen molar-refractivity contribution < 1.29 is 0 Å². The van der Waals surface area contributed by atoms with Gasteiger partial charge in [-0.1, -0.05) is 184 Å². The zero-order chi connectivity index (χ0) is 38.1. The van der Waals surface area contributed by atoms with Gasteiger partial charge in [0.05, 0.1) is 11.4 Å². The van der Waals surface area contributed by atoms with Gasteiger partial charge in [-0.15, -0.1) is 0 Å². The number of rotatable bonds is 5. The predicted octanol–water partition coefficient (Wildman–Crippen LogP) is 14.6. The Hall–Kier alpha value is -7.16. The molecule has 11 rings (SSSR count). The highest BCUT2D eigenvalue weighted by Gasteiger charge is 2.36. The number of aromatic nitrogens is 2. The summed E-state index contributed by atoms with van der Waals surface area (Å²) in [5.41, 5.74) is 15.0. The SMILES string of the molecule is CC1(C)c2ccc(-c3ccc(-c4nc(-c5ccccc5)cc(-c5ccccc5-c5ccc6ccccc6c5)n4)c4ccccc34)cc2-c2c1ccc1ccccc21. The van der Waals surface area contributed by atoms with Crippen LogP contribution in [-0.2, 0) is 5.41 Å². The van der Waals surface area contributed by atoms with Gasteiger partial charge >= 0.3 is 0 Å². The summed E-state index contributed by atoms with van der Waals surface area (Å²) >= 11 is 0.